The molecule has 128 valence electrons. The molecular weight excluding hydrogens is 320 g/mol. The van der Waals surface area contributed by atoms with Crippen LogP contribution in [0.5, 0.6) is 5.75 Å². The number of fused-ring (bicyclic) bond motifs is 1. The quantitative estimate of drug-likeness (QED) is 0.930. The predicted molar refractivity (Wildman–Crippen MR) is 91.4 cm³/mol. The van der Waals surface area contributed by atoms with Gasteiger partial charge >= 0.3 is 6.09 Å². The number of nitrogens with zero attached hydrogens (tertiary/aromatic N) is 1. The average molecular weight is 338 g/mol. The van der Waals surface area contributed by atoms with Gasteiger partial charge in [-0.1, -0.05) is 30.3 Å². The Morgan fingerprint density at radius 1 is 1.16 bits per heavy atom. The molecule has 6 nitrogen and oxygen atoms in total. The summed E-state index contributed by atoms with van der Waals surface area (Å²) in [6.07, 6.45) is -0.205. The number of carbonyl (C=O) groups excluding carboxylic acids is 2. The van der Waals surface area contributed by atoms with Gasteiger partial charge in [0.1, 0.15) is 12.4 Å². The number of cyclic esters (lactones) is 1. The molecule has 25 heavy (non-hydrogen) atoms. The van der Waals surface area contributed by atoms with Crippen molar-refractivity contribution in [2.75, 3.05) is 18.5 Å². The van der Waals surface area contributed by atoms with E-state index in [2.05, 4.69) is 5.32 Å². The average Bonchev–Trinajstić information content (AvgIpc) is 3.23. The maximum Gasteiger partial charge on any atom is 0.410 e. The first-order valence-electron chi connectivity index (χ1n) is 8.25. The molecule has 0 aliphatic carbocycles. The molecule has 0 radical (unpaired) electrons. The fourth-order valence-corrected chi connectivity index (χ4v) is 3.03. The van der Waals surface area contributed by atoms with Crippen LogP contribution in [-0.2, 0) is 22.5 Å². The summed E-state index contributed by atoms with van der Waals surface area (Å²) >= 11 is 0. The van der Waals surface area contributed by atoms with Crippen LogP contribution in [0.15, 0.2) is 48.5 Å². The molecule has 1 saturated heterocycles. The molecule has 2 aliphatic heterocycles. The monoisotopic (exact) mass is 338 g/mol. The number of hydrogen-bond acceptors (Lipinski definition) is 4. The minimum atomic E-state index is -0.503. The summed E-state index contributed by atoms with van der Waals surface area (Å²) < 4.78 is 10.6. The van der Waals surface area contributed by atoms with E-state index in [-0.39, 0.29) is 12.0 Å². The van der Waals surface area contributed by atoms with Crippen LogP contribution in [0.4, 0.5) is 10.5 Å². The summed E-state index contributed by atoms with van der Waals surface area (Å²) in [5.41, 5.74) is 2.74. The maximum absolute atomic E-state index is 12.4. The van der Waals surface area contributed by atoms with Gasteiger partial charge in [0.25, 0.3) is 5.91 Å². The van der Waals surface area contributed by atoms with Crippen LogP contribution >= 0.6 is 0 Å². The van der Waals surface area contributed by atoms with Gasteiger partial charge in [0.15, 0.2) is 6.10 Å². The maximum atomic E-state index is 12.4. The Morgan fingerprint density at radius 2 is 1.96 bits per heavy atom. The Labute approximate surface area is 145 Å². The van der Waals surface area contributed by atoms with Gasteiger partial charge in [0.2, 0.25) is 0 Å². The number of amides is 2. The van der Waals surface area contributed by atoms with Gasteiger partial charge in [0.05, 0.1) is 6.54 Å². The van der Waals surface area contributed by atoms with Crippen molar-refractivity contribution >= 4 is 17.7 Å². The Hall–Kier alpha value is -3.02. The molecule has 2 heterocycles. The van der Waals surface area contributed by atoms with Gasteiger partial charge in [-0.25, -0.2) is 4.79 Å². The van der Waals surface area contributed by atoms with Crippen LogP contribution in [0.3, 0.4) is 0 Å². The van der Waals surface area contributed by atoms with Crippen LogP contribution in [0.2, 0.25) is 0 Å². The van der Waals surface area contributed by atoms with Crippen LogP contribution in [0.1, 0.15) is 11.1 Å². The van der Waals surface area contributed by atoms with E-state index in [4.69, 9.17) is 9.47 Å². The summed E-state index contributed by atoms with van der Waals surface area (Å²) in [5.74, 6) is 0.613. The molecule has 4 rings (SSSR count). The van der Waals surface area contributed by atoms with E-state index in [9.17, 15) is 9.59 Å². The van der Waals surface area contributed by atoms with Crippen LogP contribution < -0.4 is 10.1 Å². The summed E-state index contributed by atoms with van der Waals surface area (Å²) in [6, 6.07) is 15.1. The topological polar surface area (TPSA) is 67.9 Å². The Balaban J connectivity index is 1.35. The molecule has 6 heteroatoms. The van der Waals surface area contributed by atoms with Crippen molar-refractivity contribution in [3.8, 4) is 5.75 Å². The molecule has 0 saturated carbocycles. The van der Waals surface area contributed by atoms with Crippen LogP contribution in [-0.4, -0.2) is 36.2 Å². The molecule has 0 spiro atoms. The highest BCUT2D eigenvalue weighted by molar-refractivity contribution is 5.95. The predicted octanol–water partition coefficient (Wildman–Crippen LogP) is 2.58. The van der Waals surface area contributed by atoms with Gasteiger partial charge in [0, 0.05) is 18.7 Å². The zero-order valence-electron chi connectivity index (χ0n) is 13.6. The first-order valence-corrected chi connectivity index (χ1v) is 8.25. The van der Waals surface area contributed by atoms with E-state index in [0.29, 0.717) is 31.8 Å². The minimum absolute atomic E-state index is 0.160. The van der Waals surface area contributed by atoms with E-state index in [1.165, 1.54) is 0 Å². The van der Waals surface area contributed by atoms with Crippen molar-refractivity contribution < 1.29 is 19.1 Å². The molecule has 2 aromatic rings. The van der Waals surface area contributed by atoms with Crippen LogP contribution in [0, 0.1) is 0 Å². The lowest BCUT2D eigenvalue weighted by molar-refractivity contribution is -0.122. The second-order valence-corrected chi connectivity index (χ2v) is 6.14. The molecule has 1 fully saturated rings. The Bertz CT molecular complexity index is 778. The minimum Gasteiger partial charge on any atom is -0.480 e. The van der Waals surface area contributed by atoms with Gasteiger partial charge < -0.3 is 19.7 Å². The molecule has 0 unspecified atom stereocenters. The lowest BCUT2D eigenvalue weighted by Gasteiger charge is -2.14. The second-order valence-electron chi connectivity index (χ2n) is 6.14. The third-order valence-corrected chi connectivity index (χ3v) is 4.38. The summed E-state index contributed by atoms with van der Waals surface area (Å²) in [5, 5.41) is 2.88. The van der Waals surface area contributed by atoms with E-state index in [1.54, 1.807) is 4.90 Å². The third kappa shape index (κ3) is 3.28. The van der Waals surface area contributed by atoms with Crippen molar-refractivity contribution in [2.24, 2.45) is 0 Å². The molecular formula is C19H18N2O4. The number of para-hydroxylation sites is 1. The Kier molecular flexibility index (Phi) is 4.01. The lowest BCUT2D eigenvalue weighted by atomic mass is 10.1. The number of hydrogen-bond donors (Lipinski definition) is 1. The highest BCUT2D eigenvalue weighted by Gasteiger charge is 2.28. The zero-order valence-corrected chi connectivity index (χ0v) is 13.6. The fraction of sp³-hybridized carbons (Fsp3) is 0.263. The second kappa shape index (κ2) is 6.47. The van der Waals surface area contributed by atoms with Gasteiger partial charge in [-0.05, 0) is 29.3 Å². The molecule has 2 aliphatic rings. The highest BCUT2D eigenvalue weighted by atomic mass is 16.6. The summed E-state index contributed by atoms with van der Waals surface area (Å²) in [6.45, 7) is 1.56. The van der Waals surface area contributed by atoms with Gasteiger partial charge in [-0.2, -0.15) is 0 Å². The number of ether oxygens (including phenoxy) is 2. The standard InChI is InChI=1S/C19H18N2O4/c22-18(17-11-14-3-1-2-4-16(14)25-17)20-15-7-5-13(6-8-15)12-21-9-10-24-19(21)23/h1-8,17H,9-12H2,(H,20,22)/t17-/m0/s1. The highest BCUT2D eigenvalue weighted by Crippen LogP contribution is 2.28. The largest absolute Gasteiger partial charge is 0.480 e. The molecule has 0 bridgehead atoms. The smallest absolute Gasteiger partial charge is 0.410 e. The van der Waals surface area contributed by atoms with Crippen molar-refractivity contribution in [3.05, 3.63) is 59.7 Å². The van der Waals surface area contributed by atoms with Crippen molar-refractivity contribution in [1.82, 2.24) is 4.90 Å². The van der Waals surface area contributed by atoms with Crippen LogP contribution in [0.25, 0.3) is 0 Å². The SMILES string of the molecule is O=C(Nc1ccc(CN2CCOC2=O)cc1)[C@@H]1Cc2ccccc2O1. The van der Waals surface area contributed by atoms with Gasteiger partial charge in [-0.15, -0.1) is 0 Å². The van der Waals surface area contributed by atoms with Crippen molar-refractivity contribution in [2.45, 2.75) is 19.1 Å². The summed E-state index contributed by atoms with van der Waals surface area (Å²) in [4.78, 5) is 25.5. The number of carbonyl (C=O) groups is 2. The van der Waals surface area contributed by atoms with E-state index < -0.39 is 6.10 Å². The number of rotatable bonds is 4. The zero-order chi connectivity index (χ0) is 17.2. The number of nitrogens with one attached hydrogen (secondary N) is 1. The van der Waals surface area contributed by atoms with E-state index in [1.807, 2.05) is 48.5 Å². The third-order valence-electron chi connectivity index (χ3n) is 4.38. The van der Waals surface area contributed by atoms with E-state index >= 15 is 0 Å². The van der Waals surface area contributed by atoms with E-state index in [0.717, 1.165) is 16.9 Å². The molecule has 1 N–H and O–H groups in total. The Morgan fingerprint density at radius 3 is 2.68 bits per heavy atom. The number of benzene rings is 2. The summed E-state index contributed by atoms with van der Waals surface area (Å²) in [7, 11) is 0. The van der Waals surface area contributed by atoms with Crippen molar-refractivity contribution in [3.63, 3.8) is 0 Å². The molecule has 0 aromatic heterocycles. The first kappa shape index (κ1) is 15.5. The van der Waals surface area contributed by atoms with Gasteiger partial charge in [-0.3, -0.25) is 4.79 Å². The molecule has 2 amide bonds. The van der Waals surface area contributed by atoms with Crippen molar-refractivity contribution in [1.29, 1.82) is 0 Å². The number of anilines is 1. The normalized spacial score (nSPS) is 18.5. The lowest BCUT2D eigenvalue weighted by Crippen LogP contribution is -2.31. The fourth-order valence-electron chi connectivity index (χ4n) is 3.03. The molecule has 1 atom stereocenters. The molecule has 2 aromatic carbocycles. The first-order chi connectivity index (χ1) is 12.2.